The lowest BCUT2D eigenvalue weighted by molar-refractivity contribution is 0.0591. The largest absolute Gasteiger partial charge is 0.336 e. The molecule has 36 heavy (non-hydrogen) atoms. The Bertz CT molecular complexity index is 1280. The average Bonchev–Trinajstić information content (AvgIpc) is 2.91. The molecule has 4 rings (SSSR count). The summed E-state index contributed by atoms with van der Waals surface area (Å²) in [6.07, 6.45) is 5.07. The van der Waals surface area contributed by atoms with Gasteiger partial charge >= 0.3 is 0 Å². The zero-order valence-corrected chi connectivity index (χ0v) is 21.5. The van der Waals surface area contributed by atoms with Crippen molar-refractivity contribution < 1.29 is 9.18 Å². The highest BCUT2D eigenvalue weighted by Gasteiger charge is 2.25. The highest BCUT2D eigenvalue weighted by Crippen LogP contribution is 2.27. The lowest BCUT2D eigenvalue weighted by Crippen LogP contribution is -2.50. The molecule has 1 saturated heterocycles. The number of hydrogen-bond donors (Lipinski definition) is 0. The minimum Gasteiger partial charge on any atom is -0.336 e. The smallest absolute Gasteiger partial charge is 0.256 e. The third-order valence-electron chi connectivity index (χ3n) is 6.73. The second-order valence-corrected chi connectivity index (χ2v) is 9.29. The molecule has 0 aliphatic carbocycles. The lowest BCUT2D eigenvalue weighted by Gasteiger charge is -2.37. The van der Waals surface area contributed by atoms with E-state index in [0.29, 0.717) is 31.1 Å². The van der Waals surface area contributed by atoms with E-state index in [0.717, 1.165) is 47.6 Å². The van der Waals surface area contributed by atoms with Crippen molar-refractivity contribution in [2.75, 3.05) is 26.2 Å². The molecule has 186 valence electrons. The number of aryl methyl sites for hydroxylation is 2. The Morgan fingerprint density at radius 2 is 1.78 bits per heavy atom. The van der Waals surface area contributed by atoms with Crippen molar-refractivity contribution in [1.29, 1.82) is 0 Å². The number of pyridine rings is 2. The van der Waals surface area contributed by atoms with Crippen molar-refractivity contribution in [2.24, 2.45) is 0 Å². The fourth-order valence-electron chi connectivity index (χ4n) is 4.46. The molecule has 1 aromatic carbocycles. The predicted molar refractivity (Wildman–Crippen MR) is 141 cm³/mol. The van der Waals surface area contributed by atoms with Gasteiger partial charge in [-0.1, -0.05) is 31.8 Å². The van der Waals surface area contributed by atoms with Crippen molar-refractivity contribution in [3.63, 3.8) is 0 Å². The van der Waals surface area contributed by atoms with Crippen molar-refractivity contribution in [1.82, 2.24) is 19.8 Å². The van der Waals surface area contributed by atoms with Crippen LogP contribution >= 0.6 is 0 Å². The first-order chi connectivity index (χ1) is 17.4. The first-order valence-corrected chi connectivity index (χ1v) is 12.7. The van der Waals surface area contributed by atoms with Crippen LogP contribution in [0.5, 0.6) is 0 Å². The minimum atomic E-state index is -0.517. The molecule has 1 amide bonds. The highest BCUT2D eigenvalue weighted by atomic mass is 19.1. The number of rotatable bonds is 5. The number of carbonyl (C=O) groups excluding carboxylic acids is 1. The van der Waals surface area contributed by atoms with E-state index in [1.54, 1.807) is 29.4 Å². The zero-order valence-electron chi connectivity index (χ0n) is 21.5. The molecule has 0 spiro atoms. The van der Waals surface area contributed by atoms with E-state index in [1.807, 2.05) is 25.1 Å². The second-order valence-electron chi connectivity index (χ2n) is 9.29. The number of aromatic nitrogens is 2. The number of halogens is 1. The minimum absolute atomic E-state index is 0.108. The van der Waals surface area contributed by atoms with Gasteiger partial charge in [-0.3, -0.25) is 19.7 Å². The fraction of sp³-hybridized carbons (Fsp3) is 0.367. The summed E-state index contributed by atoms with van der Waals surface area (Å²) in [6.45, 7) is 11.2. The first kappa shape index (κ1) is 25.5. The molecular formula is C30H33FN4O. The monoisotopic (exact) mass is 484 g/mol. The van der Waals surface area contributed by atoms with Crippen LogP contribution in [0.4, 0.5) is 4.39 Å². The van der Waals surface area contributed by atoms with Crippen molar-refractivity contribution >= 4 is 5.91 Å². The van der Waals surface area contributed by atoms with Crippen molar-refractivity contribution in [2.45, 2.75) is 46.6 Å². The van der Waals surface area contributed by atoms with Crippen LogP contribution < -0.4 is 0 Å². The molecular weight excluding hydrogens is 451 g/mol. The number of nitrogens with zero attached hydrogens (tertiary/aromatic N) is 4. The molecule has 3 heterocycles. The van der Waals surface area contributed by atoms with Crippen LogP contribution in [0.3, 0.4) is 0 Å². The third kappa shape index (κ3) is 5.63. The summed E-state index contributed by atoms with van der Waals surface area (Å²) < 4.78 is 15.3. The van der Waals surface area contributed by atoms with Gasteiger partial charge in [0.15, 0.2) is 0 Å². The van der Waals surface area contributed by atoms with Gasteiger partial charge in [0.1, 0.15) is 5.82 Å². The summed E-state index contributed by atoms with van der Waals surface area (Å²) >= 11 is 0. The molecule has 0 radical (unpaired) electrons. The standard InChI is InChI=1S/C30H33FN4O/c1-5-24-10-7-22(20-33-24)8-11-26-25(13-14-32-29(26)6-2)23-9-12-27(28(31)19-23)30(36)35-17-15-34(16-18-35)21(3)4/h7,9-10,12-14,19-21H,5-6,15-18H2,1-4H3. The summed E-state index contributed by atoms with van der Waals surface area (Å²) in [5, 5.41) is 0. The number of amides is 1. The number of benzene rings is 1. The van der Waals surface area contributed by atoms with Crippen LogP contribution in [-0.4, -0.2) is 57.9 Å². The molecule has 5 nitrogen and oxygen atoms in total. The Hall–Kier alpha value is -3.56. The molecule has 6 heteroatoms. The van der Waals surface area contributed by atoms with E-state index >= 15 is 4.39 Å². The van der Waals surface area contributed by atoms with E-state index in [1.165, 1.54) is 6.07 Å². The number of hydrogen-bond acceptors (Lipinski definition) is 4. The molecule has 1 aliphatic rings. The Morgan fingerprint density at radius 1 is 1.00 bits per heavy atom. The van der Waals surface area contributed by atoms with Gasteiger partial charge in [-0.05, 0) is 62.6 Å². The fourth-order valence-corrected chi connectivity index (χ4v) is 4.46. The maximum absolute atomic E-state index is 15.3. The van der Waals surface area contributed by atoms with Crippen LogP contribution in [0, 0.1) is 17.7 Å². The van der Waals surface area contributed by atoms with Crippen LogP contribution in [0.25, 0.3) is 11.1 Å². The van der Waals surface area contributed by atoms with Crippen molar-refractivity contribution in [3.8, 4) is 23.0 Å². The number of piperazine rings is 1. The second kappa shape index (κ2) is 11.5. The Labute approximate surface area is 213 Å². The topological polar surface area (TPSA) is 49.3 Å². The van der Waals surface area contributed by atoms with Crippen LogP contribution in [0.2, 0.25) is 0 Å². The SMILES string of the molecule is CCc1ccc(C#Cc2c(-c3ccc(C(=O)N4CCN(C(C)C)CC4)c(F)c3)ccnc2CC)cn1. The molecule has 0 saturated carbocycles. The summed E-state index contributed by atoms with van der Waals surface area (Å²) in [4.78, 5) is 26.0. The Kier molecular flexibility index (Phi) is 8.12. The maximum atomic E-state index is 15.3. The van der Waals surface area contributed by atoms with Gasteiger partial charge in [0.25, 0.3) is 5.91 Å². The average molecular weight is 485 g/mol. The van der Waals surface area contributed by atoms with Crippen LogP contribution in [0.1, 0.15) is 60.6 Å². The van der Waals surface area contributed by atoms with Gasteiger partial charge in [-0.15, -0.1) is 0 Å². The van der Waals surface area contributed by atoms with Gasteiger partial charge in [0.05, 0.1) is 16.8 Å². The molecule has 1 aliphatic heterocycles. The number of carbonyl (C=O) groups is 1. The van der Waals surface area contributed by atoms with Gasteiger partial charge in [0.2, 0.25) is 0 Å². The van der Waals surface area contributed by atoms with Crippen LogP contribution in [0.15, 0.2) is 48.8 Å². The van der Waals surface area contributed by atoms with E-state index < -0.39 is 5.82 Å². The molecule has 0 bridgehead atoms. The molecule has 0 atom stereocenters. The first-order valence-electron chi connectivity index (χ1n) is 12.7. The van der Waals surface area contributed by atoms with E-state index in [-0.39, 0.29) is 11.5 Å². The van der Waals surface area contributed by atoms with Gasteiger partial charge in [0, 0.05) is 61.4 Å². The Balaban J connectivity index is 1.61. The van der Waals surface area contributed by atoms with Gasteiger partial charge in [-0.25, -0.2) is 4.39 Å². The highest BCUT2D eigenvalue weighted by molar-refractivity contribution is 5.95. The van der Waals surface area contributed by atoms with Gasteiger partial charge < -0.3 is 4.90 Å². The molecule has 2 aromatic heterocycles. The molecule has 0 unspecified atom stereocenters. The molecule has 0 N–H and O–H groups in total. The Morgan fingerprint density at radius 3 is 2.39 bits per heavy atom. The predicted octanol–water partition coefficient (Wildman–Crippen LogP) is 4.97. The van der Waals surface area contributed by atoms with E-state index in [4.69, 9.17) is 0 Å². The van der Waals surface area contributed by atoms with E-state index in [2.05, 4.69) is 47.5 Å². The summed E-state index contributed by atoms with van der Waals surface area (Å²) in [5.41, 5.74) is 5.03. The molecule has 1 fully saturated rings. The lowest BCUT2D eigenvalue weighted by atomic mass is 9.96. The maximum Gasteiger partial charge on any atom is 0.256 e. The third-order valence-corrected chi connectivity index (χ3v) is 6.73. The van der Waals surface area contributed by atoms with Gasteiger partial charge in [-0.2, -0.15) is 0 Å². The summed E-state index contributed by atoms with van der Waals surface area (Å²) in [7, 11) is 0. The van der Waals surface area contributed by atoms with Crippen molar-refractivity contribution in [3.05, 3.63) is 82.7 Å². The van der Waals surface area contributed by atoms with E-state index in [9.17, 15) is 4.79 Å². The normalized spacial score (nSPS) is 14.0. The van der Waals surface area contributed by atoms with Crippen LogP contribution in [-0.2, 0) is 12.8 Å². The quantitative estimate of drug-likeness (QED) is 0.480. The summed E-state index contributed by atoms with van der Waals surface area (Å²) in [6, 6.07) is 11.1. The molecule has 3 aromatic rings. The summed E-state index contributed by atoms with van der Waals surface area (Å²) in [5.74, 6) is 5.66. The zero-order chi connectivity index (χ0) is 25.7.